The number of aliphatic hydroxyl groups excluding tert-OH is 1. The largest absolute Gasteiger partial charge is 0.488 e. The van der Waals surface area contributed by atoms with Gasteiger partial charge < -0.3 is 35.7 Å². The van der Waals surface area contributed by atoms with Gasteiger partial charge in [0.2, 0.25) is 0 Å². The Morgan fingerprint density at radius 3 is 2.89 bits per heavy atom. The molecule has 10 nitrogen and oxygen atoms in total. The lowest BCUT2D eigenvalue weighted by molar-refractivity contribution is -0.0791. The number of rotatable bonds is 4. The summed E-state index contributed by atoms with van der Waals surface area (Å²) < 4.78 is 15.0. The number of nitrogens with zero attached hydrogens (tertiary/aromatic N) is 4. The van der Waals surface area contributed by atoms with E-state index in [0.717, 1.165) is 20.8 Å². The maximum Gasteiger partial charge on any atom is 0.164 e. The fourth-order valence-electron chi connectivity index (χ4n) is 5.35. The van der Waals surface area contributed by atoms with Crippen LogP contribution in [0.3, 0.4) is 0 Å². The van der Waals surface area contributed by atoms with E-state index in [1.807, 2.05) is 37.4 Å². The molecular weight excluding hydrogens is 516 g/mol. The molecule has 1 saturated carbocycles. The van der Waals surface area contributed by atoms with E-state index in [1.165, 1.54) is 6.33 Å². The smallest absolute Gasteiger partial charge is 0.164 e. The van der Waals surface area contributed by atoms with E-state index in [1.54, 1.807) is 4.57 Å². The van der Waals surface area contributed by atoms with Crippen LogP contribution < -0.4 is 16.2 Å². The average molecular weight is 541 g/mol. The number of fused-ring (bicyclic) bond motifs is 3. The Morgan fingerprint density at radius 1 is 1.26 bits per heavy atom. The van der Waals surface area contributed by atoms with E-state index < -0.39 is 30.1 Å². The molecule has 6 rings (SSSR count). The van der Waals surface area contributed by atoms with Gasteiger partial charge in [0, 0.05) is 17.6 Å². The molecular formula is C24H25BrN6O4. The highest BCUT2D eigenvalue weighted by atomic mass is 79.9. The van der Waals surface area contributed by atoms with E-state index >= 15 is 0 Å². The topological polar surface area (TPSA) is 155 Å². The summed E-state index contributed by atoms with van der Waals surface area (Å²) in [6.45, 7) is 2.01. The van der Waals surface area contributed by atoms with E-state index in [4.69, 9.17) is 20.9 Å². The molecule has 0 spiro atoms. The first-order valence-electron chi connectivity index (χ1n) is 11.5. The number of anilines is 2. The van der Waals surface area contributed by atoms with Crippen LogP contribution in [0.25, 0.3) is 21.9 Å². The van der Waals surface area contributed by atoms with Crippen LogP contribution in [0.1, 0.15) is 31.6 Å². The number of aryl methyl sites for hydroxylation is 1. The highest BCUT2D eigenvalue weighted by molar-refractivity contribution is 9.10. The molecule has 5 atom stereocenters. The van der Waals surface area contributed by atoms with Crippen LogP contribution in [0, 0.1) is 0 Å². The normalized spacial score (nSPS) is 28.1. The maximum atomic E-state index is 11.4. The van der Waals surface area contributed by atoms with Crippen molar-refractivity contribution in [3.8, 4) is 5.75 Å². The second-order valence-corrected chi connectivity index (χ2v) is 10.0. The molecule has 4 heterocycles. The molecule has 0 radical (unpaired) electrons. The number of aromatic nitrogens is 4. The molecule has 1 aromatic carbocycles. The summed E-state index contributed by atoms with van der Waals surface area (Å²) in [4.78, 5) is 12.9. The van der Waals surface area contributed by atoms with Gasteiger partial charge in [-0.25, -0.2) is 15.0 Å². The van der Waals surface area contributed by atoms with E-state index in [0.29, 0.717) is 47.8 Å². The zero-order chi connectivity index (χ0) is 24.5. The number of benzene rings is 1. The van der Waals surface area contributed by atoms with Gasteiger partial charge in [-0.05, 0) is 59.0 Å². The number of nitrogens with two attached hydrogens (primary N) is 2. The van der Waals surface area contributed by atoms with Gasteiger partial charge in [-0.3, -0.25) is 0 Å². The molecule has 2 fully saturated rings. The lowest BCUT2D eigenvalue weighted by Gasteiger charge is -2.26. The zero-order valence-corrected chi connectivity index (χ0v) is 20.5. The van der Waals surface area contributed by atoms with Crippen LogP contribution in [0.5, 0.6) is 5.75 Å². The Morgan fingerprint density at radius 2 is 2.09 bits per heavy atom. The summed E-state index contributed by atoms with van der Waals surface area (Å²) in [6, 6.07) is 7.46. The summed E-state index contributed by atoms with van der Waals surface area (Å²) in [5, 5.41) is 24.3. The van der Waals surface area contributed by atoms with E-state index in [-0.39, 0.29) is 0 Å². The van der Waals surface area contributed by atoms with Gasteiger partial charge in [0.25, 0.3) is 0 Å². The van der Waals surface area contributed by atoms with Crippen molar-refractivity contribution in [2.24, 2.45) is 0 Å². The van der Waals surface area contributed by atoms with E-state index in [2.05, 4.69) is 30.9 Å². The molecule has 6 N–H and O–H groups in total. The molecule has 11 heteroatoms. The first kappa shape index (κ1) is 22.5. The molecule has 182 valence electrons. The van der Waals surface area contributed by atoms with Gasteiger partial charge in [0.1, 0.15) is 53.3 Å². The Balaban J connectivity index is 1.31. The number of hydrogen-bond acceptors (Lipinski definition) is 9. The fourth-order valence-corrected chi connectivity index (χ4v) is 5.69. The lowest BCUT2D eigenvalue weighted by atomic mass is 9.94. The monoisotopic (exact) mass is 540 g/mol. The molecule has 0 bridgehead atoms. The van der Waals surface area contributed by atoms with Gasteiger partial charge in [0.15, 0.2) is 6.23 Å². The summed E-state index contributed by atoms with van der Waals surface area (Å²) >= 11 is 3.39. The van der Waals surface area contributed by atoms with Crippen LogP contribution >= 0.6 is 15.9 Å². The van der Waals surface area contributed by atoms with Crippen molar-refractivity contribution in [1.82, 2.24) is 19.5 Å². The van der Waals surface area contributed by atoms with Gasteiger partial charge in [-0.15, -0.1) is 0 Å². The maximum absolute atomic E-state index is 11.4. The number of pyridine rings is 1. The minimum atomic E-state index is -1.46. The zero-order valence-electron chi connectivity index (χ0n) is 18.9. The molecule has 1 aliphatic carbocycles. The number of ether oxygens (including phenoxy) is 2. The molecule has 1 saturated heterocycles. The van der Waals surface area contributed by atoms with Gasteiger partial charge in [0.05, 0.1) is 15.4 Å². The third kappa shape index (κ3) is 3.37. The Hall–Kier alpha value is -2.99. The Kier molecular flexibility index (Phi) is 5.15. The van der Waals surface area contributed by atoms with Crippen LogP contribution in [-0.2, 0) is 11.2 Å². The SMILES string of the molecule is CCc1cn([C@@H]2O[C@@H]3[C@@H](Oc4ccc5cc(Br)c(N)nc5c4)CC[C@]3(O)C2O)c2ncnc(N)c12. The Labute approximate surface area is 209 Å². The van der Waals surface area contributed by atoms with Crippen LogP contribution in [-0.4, -0.2) is 53.6 Å². The summed E-state index contributed by atoms with van der Waals surface area (Å²) in [7, 11) is 0. The lowest BCUT2D eigenvalue weighted by Crippen LogP contribution is -2.47. The van der Waals surface area contributed by atoms with E-state index in [9.17, 15) is 10.2 Å². The average Bonchev–Trinajstić information content (AvgIpc) is 3.45. The highest BCUT2D eigenvalue weighted by Gasteiger charge is 2.62. The predicted octanol–water partition coefficient (Wildman–Crippen LogP) is 2.70. The number of nitrogen functional groups attached to an aromatic ring is 2. The van der Waals surface area contributed by atoms with Crippen molar-refractivity contribution in [3.63, 3.8) is 0 Å². The van der Waals surface area contributed by atoms with Gasteiger partial charge in [-0.2, -0.15) is 0 Å². The fraction of sp³-hybridized carbons (Fsp3) is 0.375. The predicted molar refractivity (Wildman–Crippen MR) is 134 cm³/mol. The van der Waals surface area contributed by atoms with Crippen LogP contribution in [0.15, 0.2) is 41.3 Å². The van der Waals surface area contributed by atoms with Crippen molar-refractivity contribution < 1.29 is 19.7 Å². The molecule has 0 amide bonds. The highest BCUT2D eigenvalue weighted by Crippen LogP contribution is 2.49. The first-order valence-corrected chi connectivity index (χ1v) is 12.3. The molecule has 1 unspecified atom stereocenters. The summed E-state index contributed by atoms with van der Waals surface area (Å²) in [6.07, 6.45) is 1.61. The van der Waals surface area contributed by atoms with Crippen molar-refractivity contribution in [2.75, 3.05) is 11.5 Å². The second kappa shape index (κ2) is 8.02. The molecule has 4 aromatic rings. The van der Waals surface area contributed by atoms with Crippen LogP contribution in [0.2, 0.25) is 0 Å². The minimum Gasteiger partial charge on any atom is -0.488 e. The number of aliphatic hydroxyl groups is 2. The quantitative estimate of drug-likeness (QED) is 0.305. The second-order valence-electron chi connectivity index (χ2n) is 9.16. The standard InChI is InChI=1S/C24H25BrN6O4/c1-2-11-9-31(22-17(11)21(27)28-10-29-22)23-18(32)24(33)6-5-16(19(24)35-23)34-13-4-3-12-7-14(25)20(26)30-15(12)8-13/h3-4,7-10,16,18-19,23,32-33H,2,5-6H2,1H3,(H2,26,30)(H2,27,28,29)/t16-,18?,19+,23+,24-/m0/s1. The van der Waals surface area contributed by atoms with Gasteiger partial charge >= 0.3 is 0 Å². The number of halogens is 1. The van der Waals surface area contributed by atoms with Crippen molar-refractivity contribution in [1.29, 1.82) is 0 Å². The molecule has 1 aliphatic heterocycles. The van der Waals surface area contributed by atoms with Crippen molar-refractivity contribution in [3.05, 3.63) is 46.8 Å². The third-order valence-corrected chi connectivity index (χ3v) is 7.79. The third-order valence-electron chi connectivity index (χ3n) is 7.16. The first-order chi connectivity index (χ1) is 16.8. The van der Waals surface area contributed by atoms with Crippen molar-refractivity contribution in [2.45, 2.75) is 56.3 Å². The number of hydrogen-bond donors (Lipinski definition) is 4. The van der Waals surface area contributed by atoms with Crippen molar-refractivity contribution >= 4 is 49.5 Å². The van der Waals surface area contributed by atoms with Crippen LogP contribution in [0.4, 0.5) is 11.6 Å². The molecule has 35 heavy (non-hydrogen) atoms. The Bertz CT molecular complexity index is 1460. The van der Waals surface area contributed by atoms with Gasteiger partial charge in [-0.1, -0.05) is 6.92 Å². The minimum absolute atomic E-state index is 0.336. The molecule has 3 aromatic heterocycles. The molecule has 2 aliphatic rings. The summed E-state index contributed by atoms with van der Waals surface area (Å²) in [5.74, 6) is 1.35. The summed E-state index contributed by atoms with van der Waals surface area (Å²) in [5.41, 5.74) is 12.8.